The quantitative estimate of drug-likeness (QED) is 0.725. The molecule has 1 unspecified atom stereocenters. The van der Waals surface area contributed by atoms with Gasteiger partial charge in [-0.25, -0.2) is 4.98 Å². The van der Waals surface area contributed by atoms with Crippen LogP contribution in [0.3, 0.4) is 0 Å². The highest BCUT2D eigenvalue weighted by molar-refractivity contribution is 5.90. The zero-order valence-electron chi connectivity index (χ0n) is 16.0. The van der Waals surface area contributed by atoms with Gasteiger partial charge < -0.3 is 15.0 Å². The molecule has 1 aromatic heterocycles. The zero-order valence-corrected chi connectivity index (χ0v) is 16.0. The molecule has 1 saturated heterocycles. The SMILES string of the molecule is COc1ccccc1CNc1nc(N2CCCC(C)C2)nc2ccccc12. The summed E-state index contributed by atoms with van der Waals surface area (Å²) in [5.41, 5.74) is 2.08. The third kappa shape index (κ3) is 3.82. The molecule has 0 spiro atoms. The fourth-order valence-electron chi connectivity index (χ4n) is 3.74. The van der Waals surface area contributed by atoms with Gasteiger partial charge in [-0.3, -0.25) is 0 Å². The van der Waals surface area contributed by atoms with E-state index in [0.29, 0.717) is 12.5 Å². The lowest BCUT2D eigenvalue weighted by molar-refractivity contribution is 0.410. The Bertz CT molecular complexity index is 927. The van der Waals surface area contributed by atoms with Crippen LogP contribution in [-0.4, -0.2) is 30.2 Å². The minimum absolute atomic E-state index is 0.654. The van der Waals surface area contributed by atoms with Crippen molar-refractivity contribution < 1.29 is 4.74 Å². The van der Waals surface area contributed by atoms with Gasteiger partial charge in [0, 0.05) is 30.6 Å². The number of anilines is 2. The van der Waals surface area contributed by atoms with Crippen LogP contribution in [-0.2, 0) is 6.54 Å². The first kappa shape index (κ1) is 17.6. The highest BCUT2D eigenvalue weighted by Crippen LogP contribution is 2.27. The summed E-state index contributed by atoms with van der Waals surface area (Å²) in [4.78, 5) is 12.0. The molecule has 1 aliphatic rings. The average Bonchev–Trinajstić information content (AvgIpc) is 2.72. The van der Waals surface area contributed by atoms with Crippen molar-refractivity contribution in [2.45, 2.75) is 26.3 Å². The van der Waals surface area contributed by atoms with Gasteiger partial charge in [-0.15, -0.1) is 0 Å². The molecule has 1 fully saturated rings. The third-order valence-corrected chi connectivity index (χ3v) is 5.17. The molecule has 0 aliphatic carbocycles. The standard InChI is InChI=1S/C22H26N4O/c1-16-8-7-13-26(15-16)22-24-19-11-5-4-10-18(19)21(25-22)23-14-17-9-3-6-12-20(17)27-2/h3-6,9-12,16H,7-8,13-15H2,1-2H3,(H,23,24,25). The minimum atomic E-state index is 0.654. The van der Waals surface area contributed by atoms with E-state index in [9.17, 15) is 0 Å². The molecule has 2 aromatic carbocycles. The summed E-state index contributed by atoms with van der Waals surface area (Å²) in [7, 11) is 1.70. The summed E-state index contributed by atoms with van der Waals surface area (Å²) in [6.45, 7) is 4.99. The number of nitrogens with one attached hydrogen (secondary N) is 1. The Kier molecular flexibility index (Phi) is 5.10. The highest BCUT2D eigenvalue weighted by Gasteiger charge is 2.20. The predicted octanol–water partition coefficient (Wildman–Crippen LogP) is 4.49. The van der Waals surface area contributed by atoms with E-state index in [-0.39, 0.29) is 0 Å². The second kappa shape index (κ2) is 7.82. The van der Waals surface area contributed by atoms with Crippen LogP contribution in [0.4, 0.5) is 11.8 Å². The maximum absolute atomic E-state index is 5.47. The lowest BCUT2D eigenvalue weighted by Crippen LogP contribution is -2.35. The van der Waals surface area contributed by atoms with E-state index in [2.05, 4.69) is 35.3 Å². The van der Waals surface area contributed by atoms with Crippen molar-refractivity contribution in [3.8, 4) is 5.75 Å². The number of ether oxygens (including phenoxy) is 1. The highest BCUT2D eigenvalue weighted by atomic mass is 16.5. The zero-order chi connectivity index (χ0) is 18.6. The Morgan fingerprint density at radius 2 is 1.93 bits per heavy atom. The monoisotopic (exact) mass is 362 g/mol. The average molecular weight is 362 g/mol. The van der Waals surface area contributed by atoms with E-state index in [0.717, 1.165) is 47.1 Å². The number of piperidine rings is 1. The lowest BCUT2D eigenvalue weighted by Gasteiger charge is -2.31. The molecule has 0 bridgehead atoms. The maximum Gasteiger partial charge on any atom is 0.227 e. The van der Waals surface area contributed by atoms with Crippen LogP contribution in [0.1, 0.15) is 25.3 Å². The number of nitrogens with zero attached hydrogens (tertiary/aromatic N) is 3. The van der Waals surface area contributed by atoms with Gasteiger partial charge in [0.15, 0.2) is 0 Å². The molecule has 5 nitrogen and oxygen atoms in total. The fourth-order valence-corrected chi connectivity index (χ4v) is 3.74. The van der Waals surface area contributed by atoms with E-state index >= 15 is 0 Å². The molecule has 0 amide bonds. The molecule has 27 heavy (non-hydrogen) atoms. The van der Waals surface area contributed by atoms with Crippen molar-refractivity contribution in [1.29, 1.82) is 0 Å². The summed E-state index contributed by atoms with van der Waals surface area (Å²) < 4.78 is 5.47. The van der Waals surface area contributed by atoms with Gasteiger partial charge in [0.1, 0.15) is 11.6 Å². The Morgan fingerprint density at radius 1 is 1.11 bits per heavy atom. The van der Waals surface area contributed by atoms with Crippen LogP contribution in [0.25, 0.3) is 10.9 Å². The summed E-state index contributed by atoms with van der Waals surface area (Å²) in [5, 5.41) is 4.55. The number of rotatable bonds is 5. The number of methoxy groups -OCH3 is 1. The maximum atomic E-state index is 5.47. The molecule has 5 heteroatoms. The van der Waals surface area contributed by atoms with Crippen LogP contribution < -0.4 is 15.0 Å². The van der Waals surface area contributed by atoms with Crippen LogP contribution in [0.2, 0.25) is 0 Å². The molecule has 0 saturated carbocycles. The normalized spacial score (nSPS) is 17.1. The Labute approximate surface area is 160 Å². The second-order valence-corrected chi connectivity index (χ2v) is 7.25. The number of benzene rings is 2. The number of hydrogen-bond acceptors (Lipinski definition) is 5. The van der Waals surface area contributed by atoms with Gasteiger partial charge in [-0.2, -0.15) is 4.98 Å². The third-order valence-electron chi connectivity index (χ3n) is 5.17. The number of fused-ring (bicyclic) bond motifs is 1. The summed E-state index contributed by atoms with van der Waals surface area (Å²) in [6.07, 6.45) is 2.48. The Balaban J connectivity index is 1.66. The molecular weight excluding hydrogens is 336 g/mol. The van der Waals surface area contributed by atoms with Gasteiger partial charge in [-0.1, -0.05) is 37.3 Å². The van der Waals surface area contributed by atoms with Crippen molar-refractivity contribution in [1.82, 2.24) is 9.97 Å². The molecule has 3 aromatic rings. The number of para-hydroxylation sites is 2. The summed E-state index contributed by atoms with van der Waals surface area (Å²) in [6, 6.07) is 16.3. The largest absolute Gasteiger partial charge is 0.496 e. The smallest absolute Gasteiger partial charge is 0.227 e. The molecule has 4 rings (SSSR count). The summed E-state index contributed by atoms with van der Waals surface area (Å²) >= 11 is 0. The predicted molar refractivity (Wildman–Crippen MR) is 110 cm³/mol. The van der Waals surface area contributed by atoms with Crippen LogP contribution >= 0.6 is 0 Å². The van der Waals surface area contributed by atoms with Gasteiger partial charge in [0.05, 0.1) is 12.6 Å². The van der Waals surface area contributed by atoms with Crippen LogP contribution in [0.15, 0.2) is 48.5 Å². The van der Waals surface area contributed by atoms with E-state index in [1.807, 2.05) is 30.3 Å². The van der Waals surface area contributed by atoms with Crippen molar-refractivity contribution in [3.63, 3.8) is 0 Å². The topological polar surface area (TPSA) is 50.3 Å². The van der Waals surface area contributed by atoms with E-state index in [1.54, 1.807) is 7.11 Å². The first-order valence-electron chi connectivity index (χ1n) is 9.62. The first-order valence-corrected chi connectivity index (χ1v) is 9.62. The summed E-state index contributed by atoms with van der Waals surface area (Å²) in [5.74, 6) is 3.26. The molecule has 1 N–H and O–H groups in total. The molecule has 2 heterocycles. The fraction of sp³-hybridized carbons (Fsp3) is 0.364. The Morgan fingerprint density at radius 3 is 2.78 bits per heavy atom. The van der Waals surface area contributed by atoms with Crippen LogP contribution in [0, 0.1) is 5.92 Å². The van der Waals surface area contributed by atoms with Crippen molar-refractivity contribution in [2.75, 3.05) is 30.4 Å². The number of hydrogen-bond donors (Lipinski definition) is 1. The van der Waals surface area contributed by atoms with E-state index in [4.69, 9.17) is 14.7 Å². The van der Waals surface area contributed by atoms with Crippen molar-refractivity contribution >= 4 is 22.7 Å². The van der Waals surface area contributed by atoms with Crippen molar-refractivity contribution in [2.24, 2.45) is 5.92 Å². The molecule has 0 radical (unpaired) electrons. The first-order chi connectivity index (χ1) is 13.2. The van der Waals surface area contributed by atoms with Crippen LogP contribution in [0.5, 0.6) is 5.75 Å². The lowest BCUT2D eigenvalue weighted by atomic mass is 10.0. The van der Waals surface area contributed by atoms with Gasteiger partial charge in [0.2, 0.25) is 5.95 Å². The second-order valence-electron chi connectivity index (χ2n) is 7.25. The Hall–Kier alpha value is -2.82. The molecule has 1 atom stereocenters. The molecule has 140 valence electrons. The van der Waals surface area contributed by atoms with E-state index in [1.165, 1.54) is 12.8 Å². The van der Waals surface area contributed by atoms with Gasteiger partial charge in [-0.05, 0) is 37.0 Å². The molecular formula is C22H26N4O. The minimum Gasteiger partial charge on any atom is -0.496 e. The van der Waals surface area contributed by atoms with Gasteiger partial charge >= 0.3 is 0 Å². The van der Waals surface area contributed by atoms with Crippen molar-refractivity contribution in [3.05, 3.63) is 54.1 Å². The number of aromatic nitrogens is 2. The van der Waals surface area contributed by atoms with Gasteiger partial charge in [0.25, 0.3) is 0 Å². The molecule has 1 aliphatic heterocycles. The van der Waals surface area contributed by atoms with E-state index < -0.39 is 0 Å².